The summed E-state index contributed by atoms with van der Waals surface area (Å²) in [6.07, 6.45) is 0. The fourth-order valence-electron chi connectivity index (χ4n) is 0.932. The fourth-order valence-corrected chi connectivity index (χ4v) is 2.28. The van der Waals surface area contributed by atoms with Crippen LogP contribution in [0.15, 0.2) is 0 Å². The molecule has 6 nitrogen and oxygen atoms in total. The van der Waals surface area contributed by atoms with Gasteiger partial charge >= 0.3 is 11.8 Å². The number of nitrogens with zero attached hydrogens (tertiary/aromatic N) is 1. The van der Waals surface area contributed by atoms with E-state index in [1.54, 1.807) is 0 Å². The summed E-state index contributed by atoms with van der Waals surface area (Å²) in [6.45, 7) is 0.0596. The summed E-state index contributed by atoms with van der Waals surface area (Å²) >= 11 is 0. The van der Waals surface area contributed by atoms with Gasteiger partial charge in [0, 0.05) is 6.54 Å². The van der Waals surface area contributed by atoms with E-state index in [2.05, 4.69) is 5.73 Å². The van der Waals surface area contributed by atoms with Crippen molar-refractivity contribution < 1.29 is 18.0 Å². The van der Waals surface area contributed by atoms with Crippen molar-refractivity contribution in [2.45, 2.75) is 0 Å². The Hall–Kier alpha value is -1.11. The van der Waals surface area contributed by atoms with Crippen molar-refractivity contribution in [3.8, 4) is 0 Å². The zero-order valence-corrected chi connectivity index (χ0v) is 7.00. The van der Waals surface area contributed by atoms with Gasteiger partial charge in [-0.25, -0.2) is 8.42 Å². The van der Waals surface area contributed by atoms with Gasteiger partial charge in [0.25, 0.3) is 0 Å². The molecule has 0 bridgehead atoms. The third-order valence-electron chi connectivity index (χ3n) is 1.52. The molecule has 0 aromatic rings. The normalized spacial score (nSPS) is 20.8. The van der Waals surface area contributed by atoms with Gasteiger partial charge < -0.3 is 10.6 Å². The second-order valence-electron chi connectivity index (χ2n) is 2.51. The first kappa shape index (κ1) is 8.98. The van der Waals surface area contributed by atoms with Crippen molar-refractivity contribution in [3.05, 3.63) is 0 Å². The van der Waals surface area contributed by atoms with Crippen LogP contribution >= 0.6 is 0 Å². The third kappa shape index (κ3) is 1.73. The van der Waals surface area contributed by atoms with E-state index in [9.17, 15) is 18.0 Å². The first-order valence-electron chi connectivity index (χ1n) is 3.21. The van der Waals surface area contributed by atoms with E-state index >= 15 is 0 Å². The van der Waals surface area contributed by atoms with E-state index in [1.165, 1.54) is 0 Å². The molecule has 1 heterocycles. The summed E-state index contributed by atoms with van der Waals surface area (Å²) in [7, 11) is -3.18. The van der Waals surface area contributed by atoms with Gasteiger partial charge in [-0.05, 0) is 0 Å². The molecule has 0 spiro atoms. The van der Waals surface area contributed by atoms with Crippen LogP contribution in [0.2, 0.25) is 0 Å². The summed E-state index contributed by atoms with van der Waals surface area (Å²) in [5.41, 5.74) is 4.68. The van der Waals surface area contributed by atoms with Crippen LogP contribution in [0, 0.1) is 0 Å². The Bertz CT molecular complexity index is 320. The molecule has 7 heteroatoms. The highest BCUT2D eigenvalue weighted by Crippen LogP contribution is 2.06. The summed E-state index contributed by atoms with van der Waals surface area (Å²) in [5.74, 6) is -2.54. The summed E-state index contributed by atoms with van der Waals surface area (Å²) in [6, 6.07) is 0. The summed E-state index contributed by atoms with van der Waals surface area (Å²) in [5, 5.41) is 0. The van der Waals surface area contributed by atoms with Crippen molar-refractivity contribution in [1.29, 1.82) is 0 Å². The largest absolute Gasteiger partial charge is 0.361 e. The van der Waals surface area contributed by atoms with Gasteiger partial charge in [-0.2, -0.15) is 0 Å². The number of rotatable bonds is 0. The van der Waals surface area contributed by atoms with Gasteiger partial charge in [-0.3, -0.25) is 9.59 Å². The van der Waals surface area contributed by atoms with Crippen LogP contribution in [0.5, 0.6) is 0 Å². The maximum atomic E-state index is 10.8. The fraction of sp³-hybridized carbons (Fsp3) is 0.600. The van der Waals surface area contributed by atoms with Crippen LogP contribution in [0.25, 0.3) is 0 Å². The molecule has 1 aliphatic heterocycles. The van der Waals surface area contributed by atoms with Crippen molar-refractivity contribution in [1.82, 2.24) is 4.90 Å². The van der Waals surface area contributed by atoms with E-state index in [0.29, 0.717) is 0 Å². The predicted octanol–water partition coefficient (Wildman–Crippen LogP) is -2.31. The highest BCUT2D eigenvalue weighted by molar-refractivity contribution is 7.91. The number of carbonyl (C=O) groups is 2. The standard InChI is InChI=1S/C5H8N2O4S/c6-4(8)5(9)7-1-2-12(10,11)3-7/h1-3H2,(H2,6,8). The number of hydrogen-bond donors (Lipinski definition) is 1. The van der Waals surface area contributed by atoms with Gasteiger partial charge in [-0.1, -0.05) is 0 Å². The molecule has 0 aliphatic carbocycles. The third-order valence-corrected chi connectivity index (χ3v) is 3.03. The lowest BCUT2D eigenvalue weighted by atomic mass is 10.5. The zero-order valence-electron chi connectivity index (χ0n) is 6.19. The van der Waals surface area contributed by atoms with Gasteiger partial charge in [0.15, 0.2) is 9.84 Å². The Morgan fingerprint density at radius 3 is 2.25 bits per heavy atom. The maximum absolute atomic E-state index is 10.8. The summed E-state index contributed by atoms with van der Waals surface area (Å²) < 4.78 is 21.6. The molecule has 0 saturated carbocycles. The molecule has 68 valence electrons. The van der Waals surface area contributed by atoms with E-state index in [-0.39, 0.29) is 12.3 Å². The van der Waals surface area contributed by atoms with Crippen LogP contribution in [0.4, 0.5) is 0 Å². The first-order valence-corrected chi connectivity index (χ1v) is 5.04. The summed E-state index contributed by atoms with van der Waals surface area (Å²) in [4.78, 5) is 22.1. The number of sulfone groups is 1. The minimum Gasteiger partial charge on any atom is -0.361 e. The average Bonchev–Trinajstić information content (AvgIpc) is 2.28. The smallest absolute Gasteiger partial charge is 0.312 e. The van der Waals surface area contributed by atoms with Crippen LogP contribution in [0.1, 0.15) is 0 Å². The highest BCUT2D eigenvalue weighted by atomic mass is 32.2. The van der Waals surface area contributed by atoms with E-state index < -0.39 is 27.5 Å². The molecule has 1 rings (SSSR count). The van der Waals surface area contributed by atoms with E-state index in [1.807, 2.05) is 0 Å². The number of primary amides is 1. The van der Waals surface area contributed by atoms with Gasteiger partial charge in [0.1, 0.15) is 5.88 Å². The minimum absolute atomic E-state index is 0.0596. The minimum atomic E-state index is -3.18. The molecule has 0 aromatic carbocycles. The molecule has 0 atom stereocenters. The van der Waals surface area contributed by atoms with Crippen LogP contribution in [-0.2, 0) is 19.4 Å². The van der Waals surface area contributed by atoms with Crippen molar-refractivity contribution in [3.63, 3.8) is 0 Å². The number of nitrogens with two attached hydrogens (primary N) is 1. The monoisotopic (exact) mass is 192 g/mol. The molecular weight excluding hydrogens is 184 g/mol. The van der Waals surface area contributed by atoms with Crippen LogP contribution in [0.3, 0.4) is 0 Å². The Morgan fingerprint density at radius 2 is 1.92 bits per heavy atom. The highest BCUT2D eigenvalue weighted by Gasteiger charge is 2.31. The van der Waals surface area contributed by atoms with E-state index in [4.69, 9.17) is 0 Å². The molecule has 0 unspecified atom stereocenters. The van der Waals surface area contributed by atoms with Crippen molar-refractivity contribution >= 4 is 21.7 Å². The van der Waals surface area contributed by atoms with Crippen molar-refractivity contribution in [2.75, 3.05) is 18.2 Å². The first-order chi connectivity index (χ1) is 5.42. The quantitative estimate of drug-likeness (QED) is 0.436. The van der Waals surface area contributed by atoms with Crippen molar-refractivity contribution in [2.24, 2.45) is 5.73 Å². The molecule has 0 radical (unpaired) electrons. The molecular formula is C5H8N2O4S. The van der Waals surface area contributed by atoms with Gasteiger partial charge in [0.2, 0.25) is 0 Å². The molecule has 2 amide bonds. The van der Waals surface area contributed by atoms with E-state index in [0.717, 1.165) is 4.90 Å². The molecule has 0 aromatic heterocycles. The Kier molecular flexibility index (Phi) is 2.05. The van der Waals surface area contributed by atoms with Crippen LogP contribution < -0.4 is 5.73 Å². The second kappa shape index (κ2) is 2.74. The Balaban J connectivity index is 2.71. The number of hydrogen-bond acceptors (Lipinski definition) is 4. The topological polar surface area (TPSA) is 97.5 Å². The Labute approximate surface area is 69.2 Å². The molecule has 2 N–H and O–H groups in total. The Morgan fingerprint density at radius 1 is 1.33 bits per heavy atom. The predicted molar refractivity (Wildman–Crippen MR) is 39.6 cm³/mol. The average molecular weight is 192 g/mol. The lowest BCUT2D eigenvalue weighted by Crippen LogP contribution is -2.38. The molecule has 12 heavy (non-hydrogen) atoms. The molecule has 1 aliphatic rings. The lowest BCUT2D eigenvalue weighted by molar-refractivity contribution is -0.143. The van der Waals surface area contributed by atoms with Gasteiger partial charge in [0.05, 0.1) is 5.75 Å². The SMILES string of the molecule is NC(=O)C(=O)N1CCS(=O)(=O)C1. The maximum Gasteiger partial charge on any atom is 0.312 e. The van der Waals surface area contributed by atoms with Gasteiger partial charge in [-0.15, -0.1) is 0 Å². The second-order valence-corrected chi connectivity index (χ2v) is 4.66. The molecule has 1 saturated heterocycles. The number of amides is 2. The molecule has 1 fully saturated rings. The van der Waals surface area contributed by atoms with Crippen LogP contribution in [-0.4, -0.2) is 43.3 Å². The number of carbonyl (C=O) groups excluding carboxylic acids is 2. The zero-order chi connectivity index (χ0) is 9.35. The lowest BCUT2D eigenvalue weighted by Gasteiger charge is -2.09.